The molecule has 0 spiro atoms. The van der Waals surface area contributed by atoms with E-state index in [-0.39, 0.29) is 6.61 Å². The van der Waals surface area contributed by atoms with Crippen molar-refractivity contribution in [2.24, 2.45) is 5.73 Å². The van der Waals surface area contributed by atoms with E-state index in [1.165, 1.54) is 0 Å². The van der Waals surface area contributed by atoms with Crippen LogP contribution in [-0.2, 0) is 0 Å². The molecule has 0 amide bonds. The van der Waals surface area contributed by atoms with Crippen molar-refractivity contribution >= 4 is 6.08 Å². The van der Waals surface area contributed by atoms with Crippen LogP contribution in [-0.4, -0.2) is 36.1 Å². The molecule has 0 aliphatic heterocycles. The molecule has 0 saturated heterocycles. The molecule has 88 valence electrons. The molecule has 1 rings (SSSR count). The Balaban J connectivity index is 2.61. The van der Waals surface area contributed by atoms with E-state index < -0.39 is 12.1 Å². The van der Waals surface area contributed by atoms with Gasteiger partial charge >= 0.3 is 0 Å². The van der Waals surface area contributed by atoms with E-state index in [2.05, 4.69) is 0 Å². The lowest BCUT2D eigenvalue weighted by Gasteiger charge is -2.11. The predicted molar refractivity (Wildman–Crippen MR) is 63.1 cm³/mol. The third-order valence-corrected chi connectivity index (χ3v) is 2.25. The van der Waals surface area contributed by atoms with Gasteiger partial charge in [-0.1, -0.05) is 24.3 Å². The zero-order valence-electron chi connectivity index (χ0n) is 9.21. The minimum atomic E-state index is -0.841. The van der Waals surface area contributed by atoms with Gasteiger partial charge in [-0.05, 0) is 17.7 Å². The second kappa shape index (κ2) is 6.27. The van der Waals surface area contributed by atoms with Gasteiger partial charge in [0.1, 0.15) is 5.75 Å². The summed E-state index contributed by atoms with van der Waals surface area (Å²) in [6.45, 7) is -0.242. The number of ether oxygens (including phenoxy) is 1. The van der Waals surface area contributed by atoms with Gasteiger partial charge in [-0.25, -0.2) is 0 Å². The molecule has 4 heteroatoms. The Morgan fingerprint density at radius 3 is 2.50 bits per heavy atom. The first kappa shape index (κ1) is 12.7. The summed E-state index contributed by atoms with van der Waals surface area (Å²) in [6, 6.07) is 6.75. The topological polar surface area (TPSA) is 75.7 Å². The second-order valence-corrected chi connectivity index (χ2v) is 3.47. The van der Waals surface area contributed by atoms with Crippen molar-refractivity contribution in [1.29, 1.82) is 0 Å². The summed E-state index contributed by atoms with van der Waals surface area (Å²) in [5.74, 6) is 0.782. The van der Waals surface area contributed by atoms with Gasteiger partial charge in [-0.15, -0.1) is 0 Å². The molecule has 4 N–H and O–H groups in total. The second-order valence-electron chi connectivity index (χ2n) is 3.47. The maximum atomic E-state index is 9.48. The van der Waals surface area contributed by atoms with Crippen molar-refractivity contribution in [2.45, 2.75) is 12.1 Å². The molecule has 0 unspecified atom stereocenters. The van der Waals surface area contributed by atoms with Gasteiger partial charge in [0.25, 0.3) is 0 Å². The third-order valence-electron chi connectivity index (χ3n) is 2.25. The van der Waals surface area contributed by atoms with Crippen molar-refractivity contribution in [3.8, 4) is 5.75 Å². The number of aliphatic hydroxyl groups excluding tert-OH is 2. The number of nitrogens with two attached hydrogens (primary N) is 1. The predicted octanol–water partition coefficient (Wildman–Crippen LogP) is 0.389. The fourth-order valence-corrected chi connectivity index (χ4v) is 1.18. The summed E-state index contributed by atoms with van der Waals surface area (Å²) >= 11 is 0. The number of hydrogen-bond donors (Lipinski definition) is 3. The number of hydrogen-bond acceptors (Lipinski definition) is 4. The van der Waals surface area contributed by atoms with Gasteiger partial charge in [0.15, 0.2) is 0 Å². The normalized spacial score (nSPS) is 15.0. The molecule has 0 fully saturated rings. The highest BCUT2D eigenvalue weighted by atomic mass is 16.5. The molecule has 0 bridgehead atoms. The van der Waals surface area contributed by atoms with Crippen LogP contribution in [0.1, 0.15) is 5.56 Å². The van der Waals surface area contributed by atoms with Gasteiger partial charge in [0.2, 0.25) is 0 Å². The first-order valence-electron chi connectivity index (χ1n) is 5.04. The first-order valence-corrected chi connectivity index (χ1v) is 5.04. The smallest absolute Gasteiger partial charge is 0.118 e. The lowest BCUT2D eigenvalue weighted by Crippen LogP contribution is -2.36. The largest absolute Gasteiger partial charge is 0.497 e. The molecule has 4 nitrogen and oxygen atoms in total. The molecule has 16 heavy (non-hydrogen) atoms. The summed E-state index contributed by atoms with van der Waals surface area (Å²) in [6.07, 6.45) is 2.47. The number of methoxy groups -OCH3 is 1. The highest BCUT2D eigenvalue weighted by Gasteiger charge is 2.08. The summed E-state index contributed by atoms with van der Waals surface area (Å²) in [5.41, 5.74) is 6.39. The van der Waals surface area contributed by atoms with Gasteiger partial charge in [0.05, 0.1) is 25.9 Å². The van der Waals surface area contributed by atoms with Crippen molar-refractivity contribution in [2.75, 3.05) is 13.7 Å². The number of rotatable bonds is 5. The van der Waals surface area contributed by atoms with E-state index in [0.29, 0.717) is 0 Å². The van der Waals surface area contributed by atoms with E-state index in [0.717, 1.165) is 11.3 Å². The Bertz CT molecular complexity index is 335. The van der Waals surface area contributed by atoms with Crippen molar-refractivity contribution in [3.63, 3.8) is 0 Å². The minimum absolute atomic E-state index is 0.242. The fourth-order valence-electron chi connectivity index (χ4n) is 1.18. The van der Waals surface area contributed by atoms with Crippen LogP contribution in [0.25, 0.3) is 6.08 Å². The van der Waals surface area contributed by atoms with Crippen LogP contribution < -0.4 is 10.5 Å². The van der Waals surface area contributed by atoms with Crippen molar-refractivity contribution in [3.05, 3.63) is 35.9 Å². The van der Waals surface area contributed by atoms with Gasteiger partial charge < -0.3 is 20.7 Å². The molecule has 0 aromatic heterocycles. The quantitative estimate of drug-likeness (QED) is 0.675. The Morgan fingerprint density at radius 1 is 1.38 bits per heavy atom. The highest BCUT2D eigenvalue weighted by Crippen LogP contribution is 2.12. The van der Waals surface area contributed by atoms with E-state index in [9.17, 15) is 5.11 Å². The SMILES string of the molecule is COc1ccc(/C=C/[C@@H](O)[C@@H](N)CO)cc1. The zero-order valence-corrected chi connectivity index (χ0v) is 9.21. The molecule has 2 atom stereocenters. The highest BCUT2D eigenvalue weighted by molar-refractivity contribution is 5.51. The summed E-state index contributed by atoms with van der Waals surface area (Å²) in [7, 11) is 1.61. The fraction of sp³-hybridized carbons (Fsp3) is 0.333. The molecule has 1 aromatic rings. The standard InChI is InChI=1S/C12H17NO3/c1-16-10-5-2-9(3-6-10)4-7-12(15)11(13)8-14/h2-7,11-12,14-15H,8,13H2,1H3/b7-4+/t11-,12+/m0/s1. The maximum absolute atomic E-state index is 9.48. The molecule has 0 aliphatic rings. The van der Waals surface area contributed by atoms with E-state index in [1.807, 2.05) is 24.3 Å². The summed E-state index contributed by atoms with van der Waals surface area (Å²) in [4.78, 5) is 0. The van der Waals surface area contributed by atoms with Crippen LogP contribution in [0.2, 0.25) is 0 Å². The monoisotopic (exact) mass is 223 g/mol. The molecule has 0 aliphatic carbocycles. The molecular weight excluding hydrogens is 206 g/mol. The van der Waals surface area contributed by atoms with E-state index >= 15 is 0 Å². The van der Waals surface area contributed by atoms with Crippen LogP contribution in [0.15, 0.2) is 30.3 Å². The molecule has 0 heterocycles. The van der Waals surface area contributed by atoms with Gasteiger partial charge in [0, 0.05) is 0 Å². The number of aliphatic hydroxyl groups is 2. The van der Waals surface area contributed by atoms with Crippen molar-refractivity contribution < 1.29 is 14.9 Å². The van der Waals surface area contributed by atoms with Crippen LogP contribution in [0, 0.1) is 0 Å². The number of benzene rings is 1. The van der Waals surface area contributed by atoms with Crippen LogP contribution >= 0.6 is 0 Å². The maximum Gasteiger partial charge on any atom is 0.118 e. The van der Waals surface area contributed by atoms with Crippen LogP contribution in [0.4, 0.5) is 0 Å². The van der Waals surface area contributed by atoms with E-state index in [4.69, 9.17) is 15.6 Å². The first-order chi connectivity index (χ1) is 7.67. The molecule has 0 radical (unpaired) electrons. The minimum Gasteiger partial charge on any atom is -0.497 e. The lowest BCUT2D eigenvalue weighted by atomic mass is 10.1. The molecule has 0 saturated carbocycles. The Kier molecular flexibility index (Phi) is 4.98. The van der Waals surface area contributed by atoms with Gasteiger partial charge in [-0.3, -0.25) is 0 Å². The Hall–Kier alpha value is -1.36. The zero-order chi connectivity index (χ0) is 12.0. The van der Waals surface area contributed by atoms with Crippen LogP contribution in [0.5, 0.6) is 5.75 Å². The average molecular weight is 223 g/mol. The van der Waals surface area contributed by atoms with E-state index in [1.54, 1.807) is 19.3 Å². The Labute approximate surface area is 95.0 Å². The van der Waals surface area contributed by atoms with Gasteiger partial charge in [-0.2, -0.15) is 0 Å². The summed E-state index contributed by atoms with van der Waals surface area (Å²) < 4.78 is 5.02. The average Bonchev–Trinajstić information content (AvgIpc) is 2.35. The molecular formula is C12H17NO3. The summed E-state index contributed by atoms with van der Waals surface area (Å²) in [5, 5.41) is 18.2. The Morgan fingerprint density at radius 2 is 2.00 bits per heavy atom. The lowest BCUT2D eigenvalue weighted by molar-refractivity contribution is 0.145. The van der Waals surface area contributed by atoms with Crippen molar-refractivity contribution in [1.82, 2.24) is 0 Å². The van der Waals surface area contributed by atoms with Crippen LogP contribution in [0.3, 0.4) is 0 Å². The third kappa shape index (κ3) is 3.66. The molecule has 1 aromatic carbocycles.